The van der Waals surface area contributed by atoms with E-state index < -0.39 is 11.5 Å². The van der Waals surface area contributed by atoms with Gasteiger partial charge in [0.1, 0.15) is 5.54 Å². The number of carboxylic acid groups (broad SMARTS) is 1. The van der Waals surface area contributed by atoms with Gasteiger partial charge in [0.05, 0.1) is 0 Å². The summed E-state index contributed by atoms with van der Waals surface area (Å²) in [6, 6.07) is 7.85. The van der Waals surface area contributed by atoms with Crippen LogP contribution in [0.1, 0.15) is 24.5 Å². The monoisotopic (exact) mass is 247 g/mol. The van der Waals surface area contributed by atoms with E-state index in [9.17, 15) is 14.7 Å². The van der Waals surface area contributed by atoms with Gasteiger partial charge in [-0.1, -0.05) is 24.3 Å². The fourth-order valence-electron chi connectivity index (χ4n) is 2.75. The zero-order valence-electron chi connectivity index (χ0n) is 10.4. The Morgan fingerprint density at radius 3 is 2.67 bits per heavy atom. The highest BCUT2D eigenvalue weighted by Crippen LogP contribution is 2.33. The number of fused-ring (bicyclic) bond motifs is 1. The van der Waals surface area contributed by atoms with Crippen molar-refractivity contribution in [1.82, 2.24) is 4.90 Å². The van der Waals surface area contributed by atoms with Crippen molar-refractivity contribution in [2.75, 3.05) is 6.54 Å². The van der Waals surface area contributed by atoms with Crippen molar-refractivity contribution >= 4 is 12.4 Å². The number of carbonyl (C=O) groups excluding carboxylic acids is 1. The smallest absolute Gasteiger partial charge is 0.329 e. The van der Waals surface area contributed by atoms with Crippen LogP contribution in [0.15, 0.2) is 24.3 Å². The number of carbonyl (C=O) groups is 2. The van der Waals surface area contributed by atoms with Crippen molar-refractivity contribution in [1.29, 1.82) is 0 Å². The fourth-order valence-corrected chi connectivity index (χ4v) is 2.75. The lowest BCUT2D eigenvalue weighted by atomic mass is 9.77. The third-order valence-electron chi connectivity index (χ3n) is 3.83. The second kappa shape index (κ2) is 4.80. The van der Waals surface area contributed by atoms with Crippen LogP contribution in [0.5, 0.6) is 0 Å². The molecule has 0 spiro atoms. The summed E-state index contributed by atoms with van der Waals surface area (Å²) in [6.07, 6.45) is 2.23. The van der Waals surface area contributed by atoms with E-state index >= 15 is 0 Å². The quantitative estimate of drug-likeness (QED) is 0.820. The van der Waals surface area contributed by atoms with Crippen molar-refractivity contribution in [2.45, 2.75) is 31.7 Å². The van der Waals surface area contributed by atoms with Gasteiger partial charge < -0.3 is 10.0 Å². The Hall–Kier alpha value is -1.84. The standard InChI is InChI=1S/C14H17NO3/c1-2-15(10-16)14(13(17)18)8-7-11-5-3-4-6-12(11)9-14/h3-6,10H,2,7-9H2,1H3,(H,17,18). The summed E-state index contributed by atoms with van der Waals surface area (Å²) in [5.41, 5.74) is 1.15. The number of aliphatic carboxylic acids is 1. The summed E-state index contributed by atoms with van der Waals surface area (Å²) >= 11 is 0. The number of amides is 1. The molecule has 0 saturated carbocycles. The number of aryl methyl sites for hydroxylation is 1. The third kappa shape index (κ3) is 1.88. The molecule has 4 heteroatoms. The number of hydrogen-bond acceptors (Lipinski definition) is 2. The van der Waals surface area contributed by atoms with Crippen LogP contribution in [0.3, 0.4) is 0 Å². The first-order valence-electron chi connectivity index (χ1n) is 6.16. The van der Waals surface area contributed by atoms with Gasteiger partial charge in [-0.25, -0.2) is 4.79 Å². The largest absolute Gasteiger partial charge is 0.479 e. The zero-order chi connectivity index (χ0) is 13.2. The molecule has 2 rings (SSSR count). The molecule has 0 fully saturated rings. The first-order chi connectivity index (χ1) is 8.64. The lowest BCUT2D eigenvalue weighted by molar-refractivity contribution is -0.156. The summed E-state index contributed by atoms with van der Waals surface area (Å²) in [6.45, 7) is 2.22. The Labute approximate surface area is 106 Å². The van der Waals surface area contributed by atoms with Crippen molar-refractivity contribution in [3.63, 3.8) is 0 Å². The Kier molecular flexibility index (Phi) is 3.36. The maximum absolute atomic E-state index is 11.6. The molecule has 1 N–H and O–H groups in total. The summed E-state index contributed by atoms with van der Waals surface area (Å²) in [7, 11) is 0. The molecule has 0 radical (unpaired) electrons. The maximum atomic E-state index is 11.6. The molecule has 1 aliphatic rings. The van der Waals surface area contributed by atoms with E-state index in [1.807, 2.05) is 24.3 Å². The summed E-state index contributed by atoms with van der Waals surface area (Å²) in [4.78, 5) is 24.2. The van der Waals surface area contributed by atoms with E-state index in [1.54, 1.807) is 6.92 Å². The van der Waals surface area contributed by atoms with Gasteiger partial charge >= 0.3 is 5.97 Å². The molecule has 1 unspecified atom stereocenters. The minimum Gasteiger partial charge on any atom is -0.479 e. The number of hydrogen-bond donors (Lipinski definition) is 1. The molecular formula is C14H17NO3. The van der Waals surface area contributed by atoms with E-state index in [-0.39, 0.29) is 0 Å². The van der Waals surface area contributed by atoms with E-state index in [2.05, 4.69) is 0 Å². The molecule has 4 nitrogen and oxygen atoms in total. The van der Waals surface area contributed by atoms with Gasteiger partial charge in [0.2, 0.25) is 6.41 Å². The van der Waals surface area contributed by atoms with Crippen LogP contribution in [0.25, 0.3) is 0 Å². The lowest BCUT2D eigenvalue weighted by Crippen LogP contribution is -2.57. The maximum Gasteiger partial charge on any atom is 0.329 e. The molecule has 96 valence electrons. The number of rotatable bonds is 4. The highest BCUT2D eigenvalue weighted by molar-refractivity contribution is 5.82. The van der Waals surface area contributed by atoms with E-state index in [0.29, 0.717) is 32.2 Å². The second-order valence-corrected chi connectivity index (χ2v) is 4.67. The molecule has 18 heavy (non-hydrogen) atoms. The number of nitrogens with zero attached hydrogens (tertiary/aromatic N) is 1. The molecule has 1 aliphatic carbocycles. The average Bonchev–Trinajstić information content (AvgIpc) is 2.39. The van der Waals surface area contributed by atoms with E-state index in [1.165, 1.54) is 10.5 Å². The van der Waals surface area contributed by atoms with Gasteiger partial charge in [0.15, 0.2) is 0 Å². The predicted molar refractivity (Wildman–Crippen MR) is 67.3 cm³/mol. The average molecular weight is 247 g/mol. The molecule has 1 amide bonds. The van der Waals surface area contributed by atoms with Crippen LogP contribution in [0.2, 0.25) is 0 Å². The Morgan fingerprint density at radius 1 is 1.44 bits per heavy atom. The molecule has 1 atom stereocenters. The van der Waals surface area contributed by atoms with Crippen LogP contribution in [-0.4, -0.2) is 34.5 Å². The van der Waals surface area contributed by atoms with Crippen molar-refractivity contribution < 1.29 is 14.7 Å². The van der Waals surface area contributed by atoms with Crippen LogP contribution in [0.4, 0.5) is 0 Å². The first-order valence-corrected chi connectivity index (χ1v) is 6.16. The second-order valence-electron chi connectivity index (χ2n) is 4.67. The molecule has 0 aliphatic heterocycles. The summed E-state index contributed by atoms with van der Waals surface area (Å²) < 4.78 is 0. The van der Waals surface area contributed by atoms with Crippen molar-refractivity contribution in [2.24, 2.45) is 0 Å². The van der Waals surface area contributed by atoms with Gasteiger partial charge in [-0.05, 0) is 30.9 Å². The minimum absolute atomic E-state index is 0.394. The minimum atomic E-state index is -1.08. The Bertz CT molecular complexity index is 472. The van der Waals surface area contributed by atoms with Crippen molar-refractivity contribution in [3.8, 4) is 0 Å². The van der Waals surface area contributed by atoms with Gasteiger partial charge in [0.25, 0.3) is 0 Å². The normalized spacial score (nSPS) is 22.1. The summed E-state index contributed by atoms with van der Waals surface area (Å²) in [5.74, 6) is -0.911. The first kappa shape index (κ1) is 12.6. The molecule has 0 aromatic heterocycles. The topological polar surface area (TPSA) is 57.6 Å². The highest BCUT2D eigenvalue weighted by Gasteiger charge is 2.45. The number of likely N-dealkylation sites (N-methyl/N-ethyl adjacent to an activating group) is 1. The van der Waals surface area contributed by atoms with Gasteiger partial charge in [-0.2, -0.15) is 0 Å². The highest BCUT2D eigenvalue weighted by atomic mass is 16.4. The number of carboxylic acids is 1. The predicted octanol–water partition coefficient (Wildman–Crippen LogP) is 1.48. The lowest BCUT2D eigenvalue weighted by Gasteiger charge is -2.41. The Balaban J connectivity index is 2.41. The van der Waals surface area contributed by atoms with E-state index in [0.717, 1.165) is 5.56 Å². The molecule has 1 aromatic carbocycles. The summed E-state index contributed by atoms with van der Waals surface area (Å²) in [5, 5.41) is 9.55. The van der Waals surface area contributed by atoms with Gasteiger partial charge in [-0.15, -0.1) is 0 Å². The Morgan fingerprint density at radius 2 is 2.11 bits per heavy atom. The molecule has 0 heterocycles. The van der Waals surface area contributed by atoms with Crippen LogP contribution >= 0.6 is 0 Å². The SMILES string of the molecule is CCN(C=O)C1(C(=O)O)CCc2ccccc2C1. The van der Waals surface area contributed by atoms with Gasteiger partial charge in [0, 0.05) is 13.0 Å². The van der Waals surface area contributed by atoms with E-state index in [4.69, 9.17) is 0 Å². The molecule has 1 aromatic rings. The fraction of sp³-hybridized carbons (Fsp3) is 0.429. The zero-order valence-corrected chi connectivity index (χ0v) is 10.4. The van der Waals surface area contributed by atoms with Crippen LogP contribution < -0.4 is 0 Å². The third-order valence-corrected chi connectivity index (χ3v) is 3.83. The molecule has 0 saturated heterocycles. The van der Waals surface area contributed by atoms with Crippen LogP contribution in [0, 0.1) is 0 Å². The number of benzene rings is 1. The molecular weight excluding hydrogens is 230 g/mol. The van der Waals surface area contributed by atoms with Crippen LogP contribution in [-0.2, 0) is 22.4 Å². The van der Waals surface area contributed by atoms with Crippen molar-refractivity contribution in [3.05, 3.63) is 35.4 Å². The molecule has 0 bridgehead atoms. The van der Waals surface area contributed by atoms with Gasteiger partial charge in [-0.3, -0.25) is 4.79 Å².